The predicted octanol–water partition coefficient (Wildman–Crippen LogP) is 1.09. The van der Waals surface area contributed by atoms with Crippen molar-refractivity contribution >= 4 is 6.09 Å². The molecule has 1 amide bonds. The molecule has 3 nitrogen and oxygen atoms in total. The Balaban J connectivity index is 3.26. The molecule has 0 aliphatic carbocycles. The summed E-state index contributed by atoms with van der Waals surface area (Å²) in [6.07, 6.45) is -0.562. The molecule has 0 unspecified atom stereocenters. The standard InChI is InChI=1S/C6H12FNO2/c1-5(2)8-6(9)10-4-3-7/h5H,3-4H2,1-2H3,(H,8,9). The number of alkyl carbamates (subject to hydrolysis) is 1. The van der Waals surface area contributed by atoms with Gasteiger partial charge in [0.1, 0.15) is 13.3 Å². The van der Waals surface area contributed by atoms with E-state index in [4.69, 9.17) is 0 Å². The van der Waals surface area contributed by atoms with E-state index < -0.39 is 12.8 Å². The van der Waals surface area contributed by atoms with Crippen molar-refractivity contribution < 1.29 is 13.9 Å². The first kappa shape index (κ1) is 9.20. The number of rotatable bonds is 3. The van der Waals surface area contributed by atoms with Crippen molar-refractivity contribution in [1.82, 2.24) is 5.32 Å². The molecule has 0 heterocycles. The van der Waals surface area contributed by atoms with E-state index in [1.807, 2.05) is 0 Å². The van der Waals surface area contributed by atoms with Crippen molar-refractivity contribution in [2.24, 2.45) is 0 Å². The quantitative estimate of drug-likeness (QED) is 0.652. The number of ether oxygens (including phenoxy) is 1. The molecule has 0 bridgehead atoms. The maximum absolute atomic E-state index is 11.4. The minimum Gasteiger partial charge on any atom is -0.447 e. The summed E-state index contributed by atoms with van der Waals surface area (Å²) in [6, 6.07) is 0.0344. The second-order valence-electron chi connectivity index (χ2n) is 2.12. The first-order valence-corrected chi connectivity index (χ1v) is 3.16. The van der Waals surface area contributed by atoms with Crippen LogP contribution < -0.4 is 5.32 Å². The summed E-state index contributed by atoms with van der Waals surface area (Å²) in [7, 11) is 0. The van der Waals surface area contributed by atoms with Gasteiger partial charge in [0.2, 0.25) is 0 Å². The number of hydrogen-bond donors (Lipinski definition) is 1. The average molecular weight is 149 g/mol. The summed E-state index contributed by atoms with van der Waals surface area (Å²) in [5.41, 5.74) is 0. The van der Waals surface area contributed by atoms with Crippen LogP contribution in [0.1, 0.15) is 13.8 Å². The molecule has 0 saturated heterocycles. The Morgan fingerprint density at radius 2 is 2.30 bits per heavy atom. The summed E-state index contributed by atoms with van der Waals surface area (Å²) in [5.74, 6) is 0. The fourth-order valence-corrected chi connectivity index (χ4v) is 0.409. The van der Waals surface area contributed by atoms with E-state index in [0.717, 1.165) is 0 Å². The molecule has 0 atom stereocenters. The summed E-state index contributed by atoms with van der Waals surface area (Å²) in [6.45, 7) is 2.80. The van der Waals surface area contributed by atoms with E-state index in [9.17, 15) is 9.18 Å². The summed E-state index contributed by atoms with van der Waals surface area (Å²) in [5, 5.41) is 2.45. The number of halogens is 1. The van der Waals surface area contributed by atoms with E-state index in [0.29, 0.717) is 0 Å². The topological polar surface area (TPSA) is 38.3 Å². The van der Waals surface area contributed by atoms with Crippen LogP contribution >= 0.6 is 0 Å². The van der Waals surface area contributed by atoms with E-state index in [2.05, 4.69) is 10.1 Å². The first-order chi connectivity index (χ1) is 4.66. The van der Waals surface area contributed by atoms with Crippen LogP contribution in [0.4, 0.5) is 9.18 Å². The van der Waals surface area contributed by atoms with E-state index in [1.54, 1.807) is 13.8 Å². The third-order valence-corrected chi connectivity index (χ3v) is 0.717. The molecule has 0 rings (SSSR count). The fourth-order valence-electron chi connectivity index (χ4n) is 0.409. The zero-order valence-corrected chi connectivity index (χ0v) is 6.19. The molecule has 0 spiro atoms. The minimum absolute atomic E-state index is 0.0344. The van der Waals surface area contributed by atoms with Gasteiger partial charge in [-0.3, -0.25) is 0 Å². The van der Waals surface area contributed by atoms with Gasteiger partial charge in [0.15, 0.2) is 0 Å². The number of carbonyl (C=O) groups is 1. The number of hydrogen-bond acceptors (Lipinski definition) is 2. The summed E-state index contributed by atoms with van der Waals surface area (Å²) in [4.78, 5) is 10.5. The first-order valence-electron chi connectivity index (χ1n) is 3.16. The monoisotopic (exact) mass is 149 g/mol. The highest BCUT2D eigenvalue weighted by Gasteiger charge is 2.01. The van der Waals surface area contributed by atoms with Crippen molar-refractivity contribution in [2.75, 3.05) is 13.3 Å². The van der Waals surface area contributed by atoms with Crippen molar-refractivity contribution in [3.05, 3.63) is 0 Å². The van der Waals surface area contributed by atoms with E-state index >= 15 is 0 Å². The number of carbonyl (C=O) groups excluding carboxylic acids is 1. The number of amides is 1. The van der Waals surface area contributed by atoms with Crippen molar-refractivity contribution in [2.45, 2.75) is 19.9 Å². The second-order valence-corrected chi connectivity index (χ2v) is 2.12. The van der Waals surface area contributed by atoms with Gasteiger partial charge in [0.25, 0.3) is 0 Å². The molecular formula is C6H12FNO2. The molecule has 0 fully saturated rings. The molecular weight excluding hydrogens is 137 g/mol. The van der Waals surface area contributed by atoms with Crippen LogP contribution in [0.15, 0.2) is 0 Å². The van der Waals surface area contributed by atoms with Crippen LogP contribution in [0.2, 0.25) is 0 Å². The largest absolute Gasteiger partial charge is 0.447 e. The minimum atomic E-state index is -0.633. The van der Waals surface area contributed by atoms with Crippen LogP contribution in [0, 0.1) is 0 Å². The van der Waals surface area contributed by atoms with Crippen LogP contribution in [0.25, 0.3) is 0 Å². The van der Waals surface area contributed by atoms with Gasteiger partial charge in [-0.1, -0.05) is 0 Å². The lowest BCUT2D eigenvalue weighted by Crippen LogP contribution is -2.31. The third-order valence-electron chi connectivity index (χ3n) is 0.717. The highest BCUT2D eigenvalue weighted by Crippen LogP contribution is 1.82. The predicted molar refractivity (Wildman–Crippen MR) is 35.6 cm³/mol. The third kappa shape index (κ3) is 5.34. The summed E-state index contributed by atoms with van der Waals surface area (Å²) >= 11 is 0. The molecule has 60 valence electrons. The van der Waals surface area contributed by atoms with Crippen molar-refractivity contribution in [1.29, 1.82) is 0 Å². The normalized spacial score (nSPS) is 9.60. The molecule has 0 aromatic carbocycles. The molecule has 10 heavy (non-hydrogen) atoms. The van der Waals surface area contributed by atoms with Crippen molar-refractivity contribution in [3.8, 4) is 0 Å². The molecule has 0 aromatic rings. The smallest absolute Gasteiger partial charge is 0.407 e. The van der Waals surface area contributed by atoms with Gasteiger partial charge in [0.05, 0.1) is 0 Å². The van der Waals surface area contributed by atoms with Gasteiger partial charge in [-0.05, 0) is 13.8 Å². The Bertz CT molecular complexity index is 106. The zero-order valence-electron chi connectivity index (χ0n) is 6.19. The molecule has 0 aromatic heterocycles. The van der Waals surface area contributed by atoms with E-state index in [-0.39, 0.29) is 12.6 Å². The highest BCUT2D eigenvalue weighted by atomic mass is 19.1. The Morgan fingerprint density at radius 3 is 2.70 bits per heavy atom. The number of alkyl halides is 1. The van der Waals surface area contributed by atoms with Gasteiger partial charge >= 0.3 is 6.09 Å². The van der Waals surface area contributed by atoms with Crippen LogP contribution in [-0.2, 0) is 4.74 Å². The molecule has 4 heteroatoms. The maximum Gasteiger partial charge on any atom is 0.407 e. The molecule has 1 N–H and O–H groups in total. The SMILES string of the molecule is CC(C)NC(=O)OCCF. The maximum atomic E-state index is 11.4. The fraction of sp³-hybridized carbons (Fsp3) is 0.833. The van der Waals surface area contributed by atoms with Gasteiger partial charge in [0, 0.05) is 6.04 Å². The molecule has 0 aliphatic rings. The van der Waals surface area contributed by atoms with Gasteiger partial charge in [-0.25, -0.2) is 9.18 Å². The van der Waals surface area contributed by atoms with Crippen LogP contribution in [0.3, 0.4) is 0 Å². The Kier molecular flexibility index (Phi) is 4.62. The van der Waals surface area contributed by atoms with Gasteiger partial charge in [-0.2, -0.15) is 0 Å². The average Bonchev–Trinajstić information content (AvgIpc) is 1.82. The lowest BCUT2D eigenvalue weighted by Gasteiger charge is -2.07. The van der Waals surface area contributed by atoms with Crippen molar-refractivity contribution in [3.63, 3.8) is 0 Å². The van der Waals surface area contributed by atoms with Crippen LogP contribution in [-0.4, -0.2) is 25.4 Å². The highest BCUT2D eigenvalue weighted by molar-refractivity contribution is 5.67. The Morgan fingerprint density at radius 1 is 1.70 bits per heavy atom. The van der Waals surface area contributed by atoms with Crippen LogP contribution in [0.5, 0.6) is 0 Å². The number of nitrogens with one attached hydrogen (secondary N) is 1. The molecule has 0 aliphatic heterocycles. The second kappa shape index (κ2) is 5.02. The molecule has 0 saturated carbocycles. The molecule has 0 radical (unpaired) electrons. The Labute approximate surface area is 59.6 Å². The van der Waals surface area contributed by atoms with Gasteiger partial charge < -0.3 is 10.1 Å². The van der Waals surface area contributed by atoms with E-state index in [1.165, 1.54) is 0 Å². The summed E-state index contributed by atoms with van der Waals surface area (Å²) < 4.78 is 15.8. The van der Waals surface area contributed by atoms with Gasteiger partial charge in [-0.15, -0.1) is 0 Å². The zero-order chi connectivity index (χ0) is 7.98. The lowest BCUT2D eigenvalue weighted by molar-refractivity contribution is 0.135. The lowest BCUT2D eigenvalue weighted by atomic mass is 10.4. The Hall–Kier alpha value is -0.800.